The fraction of sp³-hybridized carbons (Fsp3) is 0.125. The zero-order valence-electron chi connectivity index (χ0n) is 16.1. The summed E-state index contributed by atoms with van der Waals surface area (Å²) < 4.78 is 1.59. The van der Waals surface area contributed by atoms with E-state index in [9.17, 15) is 9.59 Å². The van der Waals surface area contributed by atoms with Crippen LogP contribution in [-0.4, -0.2) is 15.5 Å². The summed E-state index contributed by atoms with van der Waals surface area (Å²) in [6, 6.07) is 24.5. The third-order valence-corrected chi connectivity index (χ3v) is 4.82. The van der Waals surface area contributed by atoms with Crippen molar-refractivity contribution in [3.63, 3.8) is 0 Å². The Labute approximate surface area is 168 Å². The number of hydrogen-bond donors (Lipinski definition) is 1. The number of carbonyl (C=O) groups excluding carboxylic acids is 1. The van der Waals surface area contributed by atoms with Crippen LogP contribution in [0.5, 0.6) is 0 Å². The number of fused-ring (bicyclic) bond motifs is 1. The van der Waals surface area contributed by atoms with Crippen molar-refractivity contribution in [2.24, 2.45) is 0 Å². The molecule has 4 rings (SSSR count). The Morgan fingerprint density at radius 3 is 2.38 bits per heavy atom. The van der Waals surface area contributed by atoms with Crippen LogP contribution in [0.4, 0.5) is 5.69 Å². The van der Waals surface area contributed by atoms with Crippen LogP contribution in [0, 0.1) is 6.92 Å². The fourth-order valence-corrected chi connectivity index (χ4v) is 3.38. The normalized spacial score (nSPS) is 10.8. The molecule has 0 aliphatic heterocycles. The van der Waals surface area contributed by atoms with Gasteiger partial charge in [-0.1, -0.05) is 48.5 Å². The molecule has 29 heavy (non-hydrogen) atoms. The predicted molar refractivity (Wildman–Crippen MR) is 115 cm³/mol. The Morgan fingerprint density at radius 1 is 0.966 bits per heavy atom. The van der Waals surface area contributed by atoms with Crippen LogP contribution >= 0.6 is 0 Å². The number of aryl methyl sites for hydroxylation is 2. The number of para-hydroxylation sites is 1. The minimum absolute atomic E-state index is 0.0864. The van der Waals surface area contributed by atoms with Gasteiger partial charge in [0.1, 0.15) is 5.82 Å². The smallest absolute Gasteiger partial charge is 0.266 e. The van der Waals surface area contributed by atoms with Gasteiger partial charge in [0, 0.05) is 12.1 Å². The zero-order valence-corrected chi connectivity index (χ0v) is 16.1. The molecule has 1 N–H and O–H groups in total. The second-order valence-electron chi connectivity index (χ2n) is 6.90. The van der Waals surface area contributed by atoms with Gasteiger partial charge >= 0.3 is 0 Å². The Balaban J connectivity index is 1.60. The molecule has 0 bridgehead atoms. The van der Waals surface area contributed by atoms with E-state index in [1.54, 1.807) is 22.8 Å². The van der Waals surface area contributed by atoms with Crippen LogP contribution in [0.1, 0.15) is 17.8 Å². The first-order valence-electron chi connectivity index (χ1n) is 9.54. The number of aromatic nitrogens is 2. The number of nitrogens with zero attached hydrogens (tertiary/aromatic N) is 2. The molecule has 0 radical (unpaired) electrons. The molecule has 0 spiro atoms. The quantitative estimate of drug-likeness (QED) is 0.560. The standard InChI is InChI=1S/C24H21N3O2/c1-17-25-22-14-13-19(26-23(28)15-12-18-8-4-2-5-9-18)16-21(22)24(29)27(17)20-10-6-3-7-11-20/h2-11,13-14,16H,12,15H2,1H3,(H,26,28). The maximum Gasteiger partial charge on any atom is 0.266 e. The number of amides is 1. The van der Waals surface area contributed by atoms with Crippen LogP contribution < -0.4 is 10.9 Å². The van der Waals surface area contributed by atoms with Crippen LogP contribution in [0.25, 0.3) is 16.6 Å². The lowest BCUT2D eigenvalue weighted by Gasteiger charge is -2.12. The lowest BCUT2D eigenvalue weighted by Crippen LogP contribution is -2.22. The molecule has 0 saturated heterocycles. The first-order valence-corrected chi connectivity index (χ1v) is 9.54. The van der Waals surface area contributed by atoms with Gasteiger partial charge in [-0.25, -0.2) is 4.98 Å². The number of hydrogen-bond acceptors (Lipinski definition) is 3. The Kier molecular flexibility index (Phi) is 5.20. The molecule has 0 fully saturated rings. The van der Waals surface area contributed by atoms with Crippen molar-refractivity contribution in [3.05, 3.63) is 101 Å². The molecule has 5 nitrogen and oxygen atoms in total. The highest BCUT2D eigenvalue weighted by molar-refractivity contribution is 5.93. The van der Waals surface area contributed by atoms with E-state index < -0.39 is 0 Å². The first-order chi connectivity index (χ1) is 14.1. The van der Waals surface area contributed by atoms with Crippen molar-refractivity contribution >= 4 is 22.5 Å². The summed E-state index contributed by atoms with van der Waals surface area (Å²) >= 11 is 0. The van der Waals surface area contributed by atoms with E-state index in [2.05, 4.69) is 10.3 Å². The SMILES string of the molecule is Cc1nc2ccc(NC(=O)CCc3ccccc3)cc2c(=O)n1-c1ccccc1. The van der Waals surface area contributed by atoms with Crippen molar-refractivity contribution in [2.45, 2.75) is 19.8 Å². The molecule has 0 unspecified atom stereocenters. The minimum atomic E-state index is -0.154. The summed E-state index contributed by atoms with van der Waals surface area (Å²) in [5.74, 6) is 0.532. The molecule has 0 saturated carbocycles. The third kappa shape index (κ3) is 4.09. The van der Waals surface area contributed by atoms with Crippen LogP contribution in [-0.2, 0) is 11.2 Å². The molecule has 1 amide bonds. The Bertz CT molecular complexity index is 1220. The fourth-order valence-electron chi connectivity index (χ4n) is 3.38. The highest BCUT2D eigenvalue weighted by Gasteiger charge is 2.11. The van der Waals surface area contributed by atoms with E-state index >= 15 is 0 Å². The molecule has 144 valence electrons. The molecule has 1 aromatic heterocycles. The monoisotopic (exact) mass is 383 g/mol. The van der Waals surface area contributed by atoms with Crippen molar-refractivity contribution in [1.29, 1.82) is 0 Å². The van der Waals surface area contributed by atoms with Gasteiger partial charge in [-0.05, 0) is 49.2 Å². The van der Waals surface area contributed by atoms with E-state index in [4.69, 9.17) is 0 Å². The number of nitrogens with one attached hydrogen (secondary N) is 1. The third-order valence-electron chi connectivity index (χ3n) is 4.82. The first kappa shape index (κ1) is 18.6. The summed E-state index contributed by atoms with van der Waals surface area (Å²) in [4.78, 5) is 30.0. The van der Waals surface area contributed by atoms with Gasteiger partial charge in [-0.2, -0.15) is 0 Å². The molecule has 0 aliphatic rings. The van der Waals surface area contributed by atoms with E-state index in [0.717, 1.165) is 11.3 Å². The molecule has 5 heteroatoms. The Morgan fingerprint density at radius 2 is 1.66 bits per heavy atom. The van der Waals surface area contributed by atoms with E-state index in [1.165, 1.54) is 0 Å². The number of anilines is 1. The lowest BCUT2D eigenvalue weighted by atomic mass is 10.1. The topological polar surface area (TPSA) is 64.0 Å². The predicted octanol–water partition coefficient (Wildman–Crippen LogP) is 4.27. The maximum absolute atomic E-state index is 13.1. The second-order valence-corrected chi connectivity index (χ2v) is 6.90. The van der Waals surface area contributed by atoms with Crippen molar-refractivity contribution in [3.8, 4) is 5.69 Å². The second kappa shape index (κ2) is 8.10. The van der Waals surface area contributed by atoms with Crippen molar-refractivity contribution in [1.82, 2.24) is 9.55 Å². The van der Waals surface area contributed by atoms with Crippen LogP contribution in [0.15, 0.2) is 83.7 Å². The molecule has 3 aromatic carbocycles. The van der Waals surface area contributed by atoms with E-state index in [1.807, 2.05) is 67.6 Å². The van der Waals surface area contributed by atoms with Gasteiger partial charge < -0.3 is 5.32 Å². The molecular formula is C24H21N3O2. The van der Waals surface area contributed by atoms with E-state index in [-0.39, 0.29) is 11.5 Å². The van der Waals surface area contributed by atoms with E-state index in [0.29, 0.717) is 35.3 Å². The van der Waals surface area contributed by atoms with Gasteiger partial charge in [0.05, 0.1) is 16.6 Å². The van der Waals surface area contributed by atoms with Gasteiger partial charge in [-0.15, -0.1) is 0 Å². The average Bonchev–Trinajstić information content (AvgIpc) is 2.74. The summed E-state index contributed by atoms with van der Waals surface area (Å²) in [6.07, 6.45) is 1.05. The number of benzene rings is 3. The summed E-state index contributed by atoms with van der Waals surface area (Å²) in [5.41, 5.74) is 2.94. The lowest BCUT2D eigenvalue weighted by molar-refractivity contribution is -0.116. The molecule has 0 aliphatic carbocycles. The van der Waals surface area contributed by atoms with Gasteiger partial charge in [0.25, 0.3) is 5.56 Å². The van der Waals surface area contributed by atoms with Crippen molar-refractivity contribution in [2.75, 3.05) is 5.32 Å². The zero-order chi connectivity index (χ0) is 20.2. The highest BCUT2D eigenvalue weighted by Crippen LogP contribution is 2.17. The van der Waals surface area contributed by atoms with Crippen LogP contribution in [0.3, 0.4) is 0 Å². The highest BCUT2D eigenvalue weighted by atomic mass is 16.1. The number of carbonyl (C=O) groups is 1. The number of rotatable bonds is 5. The summed E-state index contributed by atoms with van der Waals surface area (Å²) in [7, 11) is 0. The Hall–Kier alpha value is -3.73. The van der Waals surface area contributed by atoms with Crippen molar-refractivity contribution < 1.29 is 4.79 Å². The summed E-state index contributed by atoms with van der Waals surface area (Å²) in [5, 5.41) is 3.36. The largest absolute Gasteiger partial charge is 0.326 e. The minimum Gasteiger partial charge on any atom is -0.326 e. The summed E-state index contributed by atoms with van der Waals surface area (Å²) in [6.45, 7) is 1.81. The van der Waals surface area contributed by atoms with Crippen LogP contribution in [0.2, 0.25) is 0 Å². The average molecular weight is 383 g/mol. The molecular weight excluding hydrogens is 362 g/mol. The maximum atomic E-state index is 13.1. The molecule has 4 aromatic rings. The van der Waals surface area contributed by atoms with Gasteiger partial charge in [0.15, 0.2) is 0 Å². The van der Waals surface area contributed by atoms with Gasteiger partial charge in [-0.3, -0.25) is 14.2 Å². The molecule has 1 heterocycles. The van der Waals surface area contributed by atoms with Gasteiger partial charge in [0.2, 0.25) is 5.91 Å². The molecule has 0 atom stereocenters.